The fourth-order valence-corrected chi connectivity index (χ4v) is 3.77. The van der Waals surface area contributed by atoms with Crippen LogP contribution < -0.4 is 10.6 Å². The summed E-state index contributed by atoms with van der Waals surface area (Å²) in [7, 11) is 0. The van der Waals surface area contributed by atoms with Crippen LogP contribution in [-0.2, 0) is 4.79 Å². The summed E-state index contributed by atoms with van der Waals surface area (Å²) < 4.78 is 14.5. The van der Waals surface area contributed by atoms with Crippen LogP contribution >= 0.6 is 11.8 Å². The van der Waals surface area contributed by atoms with E-state index in [1.165, 1.54) is 17.8 Å². The maximum absolute atomic E-state index is 14.5. The Hall–Kier alpha value is -2.80. The fraction of sp³-hybridized carbons (Fsp3) is 0.158. The van der Waals surface area contributed by atoms with Crippen LogP contribution in [0.5, 0.6) is 0 Å². The van der Waals surface area contributed by atoms with Crippen molar-refractivity contribution in [2.45, 2.75) is 12.2 Å². The van der Waals surface area contributed by atoms with Crippen molar-refractivity contribution in [2.24, 2.45) is 5.10 Å². The molecule has 0 radical (unpaired) electrons. The molecule has 2 aromatic carbocycles. The summed E-state index contributed by atoms with van der Waals surface area (Å²) in [5.74, 6) is 0.0953. The maximum atomic E-state index is 14.5. The van der Waals surface area contributed by atoms with E-state index in [0.717, 1.165) is 11.3 Å². The van der Waals surface area contributed by atoms with Crippen molar-refractivity contribution in [3.8, 4) is 0 Å². The molecule has 0 aliphatic carbocycles. The molecule has 0 spiro atoms. The molecule has 2 heterocycles. The quantitative estimate of drug-likeness (QED) is 0.813. The Bertz CT molecular complexity index is 901. The molecule has 2 N–H and O–H groups in total. The lowest BCUT2D eigenvalue weighted by molar-refractivity contribution is -0.127. The van der Waals surface area contributed by atoms with Crippen LogP contribution in [0, 0.1) is 5.82 Å². The zero-order chi connectivity index (χ0) is 18.1. The van der Waals surface area contributed by atoms with Crippen LogP contribution in [0.25, 0.3) is 0 Å². The van der Waals surface area contributed by atoms with Gasteiger partial charge in [0, 0.05) is 22.6 Å². The first kappa shape index (κ1) is 16.7. The Balaban J connectivity index is 1.83. The number of nitrogens with one attached hydrogen (secondary N) is 2. The molecular formula is C19H17FN4OS. The molecule has 2 aliphatic heterocycles. The molecule has 0 fully saturated rings. The van der Waals surface area contributed by atoms with E-state index in [9.17, 15) is 9.18 Å². The van der Waals surface area contributed by atoms with E-state index in [1.54, 1.807) is 29.3 Å². The van der Waals surface area contributed by atoms with Crippen LogP contribution in [0.3, 0.4) is 0 Å². The van der Waals surface area contributed by atoms with Gasteiger partial charge in [0.1, 0.15) is 12.0 Å². The first-order valence-electron chi connectivity index (χ1n) is 8.20. The normalized spacial score (nSPS) is 21.0. The van der Waals surface area contributed by atoms with Crippen LogP contribution in [0.2, 0.25) is 0 Å². The van der Waals surface area contributed by atoms with Crippen molar-refractivity contribution >= 4 is 28.5 Å². The zero-order valence-corrected chi connectivity index (χ0v) is 14.7. The topological polar surface area (TPSA) is 56.7 Å². The van der Waals surface area contributed by atoms with Crippen molar-refractivity contribution < 1.29 is 9.18 Å². The number of carbonyl (C=O) groups is 1. The number of carbonyl (C=O) groups excluding carboxylic acids is 1. The van der Waals surface area contributed by atoms with Gasteiger partial charge in [-0.2, -0.15) is 0 Å². The third kappa shape index (κ3) is 2.84. The molecule has 0 bridgehead atoms. The number of benzene rings is 2. The first-order valence-corrected chi connectivity index (χ1v) is 9.19. The van der Waals surface area contributed by atoms with Gasteiger partial charge in [0.25, 0.3) is 5.91 Å². The zero-order valence-electron chi connectivity index (χ0n) is 13.9. The Labute approximate surface area is 155 Å². The summed E-state index contributed by atoms with van der Waals surface area (Å²) >= 11 is 1.38. The number of amides is 1. The predicted molar refractivity (Wildman–Crippen MR) is 102 cm³/mol. The smallest absolute Gasteiger partial charge is 0.255 e. The lowest BCUT2D eigenvalue weighted by Gasteiger charge is -2.43. The average Bonchev–Trinajstić information content (AvgIpc) is 2.66. The average molecular weight is 368 g/mol. The minimum atomic E-state index is -0.620. The lowest BCUT2D eigenvalue weighted by Crippen LogP contribution is -2.51. The van der Waals surface area contributed by atoms with Crippen molar-refractivity contribution in [1.29, 1.82) is 0 Å². The summed E-state index contributed by atoms with van der Waals surface area (Å²) in [6, 6.07) is 13.4. The highest BCUT2D eigenvalue weighted by Gasteiger charge is 2.42. The van der Waals surface area contributed by atoms with E-state index in [4.69, 9.17) is 0 Å². The number of para-hydroxylation sites is 1. The highest BCUT2D eigenvalue weighted by atomic mass is 32.2. The van der Waals surface area contributed by atoms with E-state index in [1.807, 2.05) is 24.3 Å². The molecule has 0 saturated heterocycles. The van der Waals surface area contributed by atoms with Gasteiger partial charge >= 0.3 is 0 Å². The molecule has 1 amide bonds. The molecule has 0 aromatic heterocycles. The highest BCUT2D eigenvalue weighted by Crippen LogP contribution is 2.42. The Morgan fingerprint density at radius 3 is 2.69 bits per heavy atom. The summed E-state index contributed by atoms with van der Waals surface area (Å²) in [5, 5.41) is 12.9. The second-order valence-corrected chi connectivity index (χ2v) is 6.94. The molecule has 132 valence electrons. The fourth-order valence-electron chi connectivity index (χ4n) is 3.17. The van der Waals surface area contributed by atoms with Crippen LogP contribution in [-0.4, -0.2) is 21.8 Å². The van der Waals surface area contributed by atoms with Gasteiger partial charge in [0.2, 0.25) is 0 Å². The van der Waals surface area contributed by atoms with Gasteiger partial charge in [-0.15, -0.1) is 11.7 Å². The van der Waals surface area contributed by atoms with Gasteiger partial charge < -0.3 is 10.6 Å². The van der Waals surface area contributed by atoms with Crippen LogP contribution in [0.15, 0.2) is 66.3 Å². The van der Waals surface area contributed by atoms with E-state index in [2.05, 4.69) is 22.3 Å². The maximum Gasteiger partial charge on any atom is 0.255 e. The number of anilines is 1. The number of halogens is 1. The summed E-state index contributed by atoms with van der Waals surface area (Å²) in [6.45, 7) is 3.69. The van der Waals surface area contributed by atoms with E-state index in [-0.39, 0.29) is 11.7 Å². The van der Waals surface area contributed by atoms with E-state index < -0.39 is 12.2 Å². The molecule has 4 rings (SSSR count). The number of fused-ring (bicyclic) bond motifs is 3. The summed E-state index contributed by atoms with van der Waals surface area (Å²) in [4.78, 5) is 12.8. The second kappa shape index (κ2) is 6.84. The van der Waals surface area contributed by atoms with Crippen molar-refractivity contribution in [2.75, 3.05) is 11.1 Å². The van der Waals surface area contributed by atoms with Crippen molar-refractivity contribution in [3.05, 3.63) is 78.1 Å². The van der Waals surface area contributed by atoms with Gasteiger partial charge in [-0.05, 0) is 12.1 Å². The van der Waals surface area contributed by atoms with Crippen LogP contribution in [0.4, 0.5) is 10.1 Å². The lowest BCUT2D eigenvalue weighted by atomic mass is 9.97. The molecule has 5 nitrogen and oxygen atoms in total. The van der Waals surface area contributed by atoms with Gasteiger partial charge in [0.15, 0.2) is 11.2 Å². The Kier molecular flexibility index (Phi) is 4.38. The Morgan fingerprint density at radius 2 is 1.92 bits per heavy atom. The molecule has 0 saturated carbocycles. The number of thioether (sulfide) groups is 1. The largest absolute Gasteiger partial charge is 0.360 e. The van der Waals surface area contributed by atoms with Gasteiger partial charge in [0.05, 0.1) is 0 Å². The summed E-state index contributed by atoms with van der Waals surface area (Å²) in [5.41, 5.74) is 2.06. The summed E-state index contributed by atoms with van der Waals surface area (Å²) in [6.07, 6.45) is 1.16. The number of nitrogens with zero attached hydrogens (tertiary/aromatic N) is 2. The number of hydrogen-bond donors (Lipinski definition) is 2. The van der Waals surface area contributed by atoms with Gasteiger partial charge in [-0.3, -0.25) is 9.80 Å². The SMILES string of the molecule is C=CCSC1=NN2[C@@H](c3ccccc3F)Nc3ccccc3[C@H]2C(=O)N1. The minimum Gasteiger partial charge on any atom is -0.360 e. The molecule has 26 heavy (non-hydrogen) atoms. The number of hydrazone groups is 1. The molecule has 2 aliphatic rings. The monoisotopic (exact) mass is 368 g/mol. The van der Waals surface area contributed by atoms with E-state index in [0.29, 0.717) is 16.5 Å². The molecule has 0 unspecified atom stereocenters. The molecule has 2 aromatic rings. The molecule has 2 atom stereocenters. The van der Waals surface area contributed by atoms with Crippen molar-refractivity contribution in [1.82, 2.24) is 10.3 Å². The number of hydrogen-bond acceptors (Lipinski definition) is 5. The van der Waals surface area contributed by atoms with Gasteiger partial charge in [-0.25, -0.2) is 4.39 Å². The number of rotatable bonds is 3. The van der Waals surface area contributed by atoms with Crippen LogP contribution in [0.1, 0.15) is 23.3 Å². The van der Waals surface area contributed by atoms with E-state index >= 15 is 0 Å². The number of amidine groups is 1. The third-order valence-corrected chi connectivity index (χ3v) is 5.16. The van der Waals surface area contributed by atoms with Gasteiger partial charge in [-0.1, -0.05) is 54.2 Å². The molecule has 7 heteroatoms. The molecular weight excluding hydrogens is 351 g/mol. The first-order chi connectivity index (χ1) is 12.7. The minimum absolute atomic E-state index is 0.179. The van der Waals surface area contributed by atoms with Crippen molar-refractivity contribution in [3.63, 3.8) is 0 Å². The Morgan fingerprint density at radius 1 is 1.19 bits per heavy atom. The third-order valence-electron chi connectivity index (χ3n) is 4.30. The predicted octanol–water partition coefficient (Wildman–Crippen LogP) is 3.61. The standard InChI is InChI=1S/C19H17FN4OS/c1-2-11-26-19-22-18(25)16-13-8-4-6-10-15(13)21-17(24(16)23-19)12-7-3-5-9-14(12)20/h2-10,16-17,21H,1,11H2,(H,22,23,25)/t16-,17-/m0/s1. The highest BCUT2D eigenvalue weighted by molar-refractivity contribution is 8.14. The second-order valence-electron chi connectivity index (χ2n) is 5.93.